The fourth-order valence-electron chi connectivity index (χ4n) is 2.85. The lowest BCUT2D eigenvalue weighted by Crippen LogP contribution is -2.43. The number of hydrogen-bond donors (Lipinski definition) is 1. The zero-order valence-corrected chi connectivity index (χ0v) is 16.3. The lowest BCUT2D eigenvalue weighted by molar-refractivity contribution is -0.123. The van der Waals surface area contributed by atoms with Crippen LogP contribution in [0.5, 0.6) is 23.0 Å². The fourth-order valence-corrected chi connectivity index (χ4v) is 3.01. The molecule has 1 N–H and O–H groups in total. The van der Waals surface area contributed by atoms with Crippen LogP contribution in [-0.2, 0) is 9.59 Å². The molecule has 0 saturated heterocycles. The topological polar surface area (TPSA) is 86.3 Å². The van der Waals surface area contributed by atoms with Gasteiger partial charge in [-0.05, 0) is 18.2 Å². The number of carbonyl (C=O) groups excluding carboxylic acids is 2. The zero-order valence-electron chi connectivity index (χ0n) is 15.6. The van der Waals surface area contributed by atoms with Crippen LogP contribution in [0.2, 0.25) is 5.02 Å². The van der Waals surface area contributed by atoms with Gasteiger partial charge in [-0.3, -0.25) is 14.5 Å². The van der Waals surface area contributed by atoms with Crippen molar-refractivity contribution in [3.63, 3.8) is 0 Å². The number of anilines is 2. The second-order valence-electron chi connectivity index (χ2n) is 5.84. The van der Waals surface area contributed by atoms with Gasteiger partial charge in [-0.1, -0.05) is 11.6 Å². The number of methoxy groups -OCH3 is 3. The molecule has 28 heavy (non-hydrogen) atoms. The molecule has 1 heterocycles. The van der Waals surface area contributed by atoms with Crippen molar-refractivity contribution in [3.05, 3.63) is 35.4 Å². The third-order valence-electron chi connectivity index (χ3n) is 4.11. The third-order valence-corrected chi connectivity index (χ3v) is 4.35. The highest BCUT2D eigenvalue weighted by atomic mass is 35.5. The van der Waals surface area contributed by atoms with Crippen LogP contribution >= 0.6 is 11.6 Å². The van der Waals surface area contributed by atoms with E-state index in [-0.39, 0.29) is 19.1 Å². The van der Waals surface area contributed by atoms with Gasteiger partial charge in [0.05, 0.1) is 27.0 Å². The lowest BCUT2D eigenvalue weighted by Gasteiger charge is -2.29. The third kappa shape index (κ3) is 3.91. The number of benzene rings is 2. The van der Waals surface area contributed by atoms with E-state index in [0.29, 0.717) is 39.4 Å². The second-order valence-corrected chi connectivity index (χ2v) is 6.28. The first-order chi connectivity index (χ1) is 13.5. The van der Waals surface area contributed by atoms with Crippen LogP contribution in [0.15, 0.2) is 30.3 Å². The van der Waals surface area contributed by atoms with Gasteiger partial charge in [0.1, 0.15) is 12.3 Å². The van der Waals surface area contributed by atoms with Gasteiger partial charge < -0.3 is 24.3 Å². The highest BCUT2D eigenvalue weighted by Crippen LogP contribution is 2.40. The molecule has 0 bridgehead atoms. The predicted molar refractivity (Wildman–Crippen MR) is 104 cm³/mol. The van der Waals surface area contributed by atoms with Crippen molar-refractivity contribution in [3.8, 4) is 23.0 Å². The highest BCUT2D eigenvalue weighted by molar-refractivity contribution is 6.31. The van der Waals surface area contributed by atoms with Crippen molar-refractivity contribution in [2.45, 2.75) is 0 Å². The van der Waals surface area contributed by atoms with Gasteiger partial charge >= 0.3 is 0 Å². The number of amides is 2. The van der Waals surface area contributed by atoms with Gasteiger partial charge in [-0.2, -0.15) is 0 Å². The van der Waals surface area contributed by atoms with Crippen molar-refractivity contribution in [2.24, 2.45) is 0 Å². The molecule has 8 nitrogen and oxygen atoms in total. The average molecular weight is 407 g/mol. The molecule has 2 aromatic carbocycles. The van der Waals surface area contributed by atoms with Crippen LogP contribution in [0.3, 0.4) is 0 Å². The van der Waals surface area contributed by atoms with Gasteiger partial charge in [0.15, 0.2) is 18.1 Å². The van der Waals surface area contributed by atoms with E-state index >= 15 is 0 Å². The summed E-state index contributed by atoms with van der Waals surface area (Å²) in [5.74, 6) is 0.957. The molecular formula is C19H19ClN2O6. The summed E-state index contributed by atoms with van der Waals surface area (Å²) in [6.45, 7) is -0.349. The predicted octanol–water partition coefficient (Wildman–Crippen LogP) is 2.73. The van der Waals surface area contributed by atoms with E-state index < -0.39 is 5.91 Å². The number of nitrogens with zero attached hydrogens (tertiary/aromatic N) is 1. The monoisotopic (exact) mass is 406 g/mol. The minimum Gasteiger partial charge on any atom is -0.493 e. The fraction of sp³-hybridized carbons (Fsp3) is 0.263. The van der Waals surface area contributed by atoms with Crippen molar-refractivity contribution >= 4 is 34.8 Å². The molecule has 148 valence electrons. The Hall–Kier alpha value is -3.13. The number of carbonyl (C=O) groups is 2. The van der Waals surface area contributed by atoms with Crippen LogP contribution in [0.25, 0.3) is 0 Å². The minimum absolute atomic E-state index is 0.147. The largest absolute Gasteiger partial charge is 0.493 e. The SMILES string of the molecule is COc1cc(NC(=O)CN2C(=O)COc3ccc(Cl)cc32)cc(OC)c1OC. The lowest BCUT2D eigenvalue weighted by atomic mass is 10.2. The summed E-state index contributed by atoms with van der Waals surface area (Å²) in [7, 11) is 4.46. The molecule has 0 fully saturated rings. The van der Waals surface area contributed by atoms with E-state index in [2.05, 4.69) is 5.32 Å². The standard InChI is InChI=1S/C19H19ClN2O6/c1-25-15-7-12(8-16(26-2)19(15)27-3)21-17(23)9-22-13-6-11(20)4-5-14(13)28-10-18(22)24/h4-8H,9-10H2,1-3H3,(H,21,23). The quantitative estimate of drug-likeness (QED) is 0.793. The van der Waals surface area contributed by atoms with Crippen LogP contribution < -0.4 is 29.2 Å². The van der Waals surface area contributed by atoms with Gasteiger partial charge in [0, 0.05) is 22.8 Å². The normalized spacial score (nSPS) is 12.7. The maximum Gasteiger partial charge on any atom is 0.265 e. The van der Waals surface area contributed by atoms with Crippen molar-refractivity contribution in [2.75, 3.05) is 44.7 Å². The van der Waals surface area contributed by atoms with E-state index in [4.69, 9.17) is 30.5 Å². The van der Waals surface area contributed by atoms with Gasteiger partial charge in [0.25, 0.3) is 5.91 Å². The minimum atomic E-state index is -0.407. The number of nitrogens with one attached hydrogen (secondary N) is 1. The first-order valence-corrected chi connectivity index (χ1v) is 8.67. The second kappa shape index (κ2) is 8.26. The number of rotatable bonds is 6. The van der Waals surface area contributed by atoms with Crippen molar-refractivity contribution in [1.29, 1.82) is 0 Å². The molecule has 2 amide bonds. The van der Waals surface area contributed by atoms with Crippen molar-refractivity contribution in [1.82, 2.24) is 0 Å². The average Bonchev–Trinajstić information content (AvgIpc) is 2.69. The Morgan fingerprint density at radius 3 is 2.43 bits per heavy atom. The Labute approximate surface area is 166 Å². The van der Waals surface area contributed by atoms with Gasteiger partial charge in [0.2, 0.25) is 11.7 Å². The molecule has 0 aromatic heterocycles. The summed E-state index contributed by atoms with van der Waals surface area (Å²) in [6, 6.07) is 8.11. The Morgan fingerprint density at radius 2 is 1.82 bits per heavy atom. The molecule has 1 aliphatic rings. The number of halogens is 1. The summed E-state index contributed by atoms with van der Waals surface area (Å²) >= 11 is 6.02. The molecule has 1 aliphatic heterocycles. The van der Waals surface area contributed by atoms with E-state index in [1.54, 1.807) is 30.3 Å². The molecule has 0 atom stereocenters. The number of ether oxygens (including phenoxy) is 4. The molecule has 0 unspecified atom stereocenters. The van der Waals surface area contributed by atoms with E-state index in [9.17, 15) is 9.59 Å². The summed E-state index contributed by atoms with van der Waals surface area (Å²) < 4.78 is 21.2. The van der Waals surface area contributed by atoms with Crippen LogP contribution in [0.4, 0.5) is 11.4 Å². The smallest absolute Gasteiger partial charge is 0.265 e. The molecular weight excluding hydrogens is 388 g/mol. The summed E-state index contributed by atoms with van der Waals surface area (Å²) in [5, 5.41) is 3.17. The Kier molecular flexibility index (Phi) is 5.79. The van der Waals surface area contributed by atoms with Crippen LogP contribution in [-0.4, -0.2) is 46.3 Å². The molecule has 3 rings (SSSR count). The molecule has 9 heteroatoms. The molecule has 0 spiro atoms. The Morgan fingerprint density at radius 1 is 1.14 bits per heavy atom. The van der Waals surface area contributed by atoms with Crippen LogP contribution in [0.1, 0.15) is 0 Å². The Balaban J connectivity index is 1.81. The highest BCUT2D eigenvalue weighted by Gasteiger charge is 2.28. The van der Waals surface area contributed by atoms with Gasteiger partial charge in [-0.25, -0.2) is 0 Å². The maximum atomic E-state index is 12.6. The van der Waals surface area contributed by atoms with Crippen molar-refractivity contribution < 1.29 is 28.5 Å². The van der Waals surface area contributed by atoms with E-state index in [0.717, 1.165) is 0 Å². The number of hydrogen-bond acceptors (Lipinski definition) is 6. The van der Waals surface area contributed by atoms with Crippen LogP contribution in [0, 0.1) is 0 Å². The summed E-state index contributed by atoms with van der Waals surface area (Å²) in [6.07, 6.45) is 0. The maximum absolute atomic E-state index is 12.6. The molecule has 0 aliphatic carbocycles. The Bertz CT molecular complexity index is 892. The van der Waals surface area contributed by atoms with E-state index in [1.807, 2.05) is 0 Å². The first-order valence-electron chi connectivity index (χ1n) is 8.29. The molecule has 2 aromatic rings. The number of fused-ring (bicyclic) bond motifs is 1. The molecule has 0 saturated carbocycles. The summed E-state index contributed by atoms with van der Waals surface area (Å²) in [4.78, 5) is 26.2. The van der Waals surface area contributed by atoms with E-state index in [1.165, 1.54) is 26.2 Å². The molecule has 0 radical (unpaired) electrons. The first kappa shape index (κ1) is 19.6. The van der Waals surface area contributed by atoms with Gasteiger partial charge in [-0.15, -0.1) is 0 Å². The zero-order chi connectivity index (χ0) is 20.3. The summed E-state index contributed by atoms with van der Waals surface area (Å²) in [5.41, 5.74) is 0.885.